The highest BCUT2D eigenvalue weighted by Crippen LogP contribution is 2.73. The average Bonchev–Trinajstić information content (AvgIpc) is 2.84. The molecular weight excluding hydrogens is 276 g/mol. The minimum atomic E-state index is -0.383. The van der Waals surface area contributed by atoms with Crippen LogP contribution >= 0.6 is 0 Å². The number of carbonyl (C=O) groups excluding carboxylic acids is 1. The molecule has 0 heterocycles. The zero-order chi connectivity index (χ0) is 15.8. The Morgan fingerprint density at radius 2 is 1.95 bits per heavy atom. The second kappa shape index (κ2) is 4.57. The fourth-order valence-corrected chi connectivity index (χ4v) is 7.47. The Morgan fingerprint density at radius 3 is 2.68 bits per heavy atom. The predicted molar refractivity (Wildman–Crippen MR) is 84.2 cm³/mol. The molecule has 0 aromatic carbocycles. The van der Waals surface area contributed by atoms with Gasteiger partial charge in [0.1, 0.15) is 5.78 Å². The van der Waals surface area contributed by atoms with Crippen molar-refractivity contribution in [2.45, 2.75) is 71.3 Å². The lowest BCUT2D eigenvalue weighted by Crippen LogP contribution is -2.62. The molecule has 2 bridgehead atoms. The predicted octanol–water partition coefficient (Wildman–Crippen LogP) is 2.93. The van der Waals surface area contributed by atoms with Gasteiger partial charge in [0.25, 0.3) is 0 Å². The molecule has 0 aromatic rings. The van der Waals surface area contributed by atoms with Crippen molar-refractivity contribution in [2.75, 3.05) is 6.61 Å². The van der Waals surface area contributed by atoms with Crippen molar-refractivity contribution >= 4 is 5.78 Å². The topological polar surface area (TPSA) is 57.5 Å². The quantitative estimate of drug-likeness (QED) is 0.783. The van der Waals surface area contributed by atoms with E-state index >= 15 is 0 Å². The molecule has 4 aliphatic rings. The summed E-state index contributed by atoms with van der Waals surface area (Å²) in [5.41, 5.74) is 0.111. The number of aliphatic hydroxyl groups excluding tert-OH is 2. The molecule has 3 heteroatoms. The summed E-state index contributed by atoms with van der Waals surface area (Å²) in [6.45, 7) is 4.61. The van der Waals surface area contributed by atoms with E-state index in [9.17, 15) is 15.0 Å². The van der Waals surface area contributed by atoms with Crippen LogP contribution in [0, 0.1) is 34.0 Å². The second-order valence-corrected chi connectivity index (χ2v) is 9.22. The van der Waals surface area contributed by atoms with Crippen LogP contribution in [-0.2, 0) is 4.79 Å². The van der Waals surface area contributed by atoms with E-state index in [0.717, 1.165) is 44.9 Å². The van der Waals surface area contributed by atoms with Crippen LogP contribution in [0.5, 0.6) is 0 Å². The monoisotopic (exact) mass is 306 g/mol. The summed E-state index contributed by atoms with van der Waals surface area (Å²) in [6.07, 6.45) is 7.79. The first-order valence-electron chi connectivity index (χ1n) is 9.19. The van der Waals surface area contributed by atoms with E-state index in [2.05, 4.69) is 13.8 Å². The molecule has 0 amide bonds. The van der Waals surface area contributed by atoms with Gasteiger partial charge in [0, 0.05) is 17.8 Å². The Kier molecular flexibility index (Phi) is 3.14. The highest BCUT2D eigenvalue weighted by Gasteiger charge is 2.68. The number of aliphatic hydroxyl groups is 2. The zero-order valence-corrected chi connectivity index (χ0v) is 14.0. The molecule has 0 unspecified atom stereocenters. The number of ketones is 1. The normalized spacial score (nSPS) is 57.4. The highest BCUT2D eigenvalue weighted by molar-refractivity contribution is 5.82. The maximum absolute atomic E-state index is 12.2. The van der Waals surface area contributed by atoms with Gasteiger partial charge in [0.2, 0.25) is 0 Å². The first-order chi connectivity index (χ1) is 10.4. The molecule has 0 aromatic heterocycles. The Morgan fingerprint density at radius 1 is 1.18 bits per heavy atom. The zero-order valence-electron chi connectivity index (χ0n) is 14.0. The van der Waals surface area contributed by atoms with Gasteiger partial charge in [-0.15, -0.1) is 0 Å². The first-order valence-corrected chi connectivity index (χ1v) is 9.19. The Balaban J connectivity index is 1.78. The third-order valence-electron chi connectivity index (χ3n) is 8.78. The third kappa shape index (κ3) is 1.57. The summed E-state index contributed by atoms with van der Waals surface area (Å²) in [4.78, 5) is 12.2. The van der Waals surface area contributed by atoms with Gasteiger partial charge in [-0.25, -0.2) is 0 Å². The summed E-state index contributed by atoms with van der Waals surface area (Å²) < 4.78 is 0. The van der Waals surface area contributed by atoms with Gasteiger partial charge in [-0.05, 0) is 67.6 Å². The van der Waals surface area contributed by atoms with E-state index in [4.69, 9.17) is 0 Å². The Hall–Kier alpha value is -0.410. The fraction of sp³-hybridized carbons (Fsp3) is 0.947. The lowest BCUT2D eigenvalue weighted by Gasteiger charge is -2.66. The van der Waals surface area contributed by atoms with E-state index < -0.39 is 0 Å². The molecule has 4 fully saturated rings. The van der Waals surface area contributed by atoms with Gasteiger partial charge in [-0.2, -0.15) is 0 Å². The maximum Gasteiger partial charge on any atom is 0.136 e. The van der Waals surface area contributed by atoms with Crippen LogP contribution in [-0.4, -0.2) is 28.7 Å². The van der Waals surface area contributed by atoms with Crippen LogP contribution in [0.1, 0.15) is 65.2 Å². The summed E-state index contributed by atoms with van der Waals surface area (Å²) in [5.74, 6) is 1.89. The molecule has 4 aliphatic carbocycles. The molecule has 2 N–H and O–H groups in total. The van der Waals surface area contributed by atoms with Crippen molar-refractivity contribution in [1.82, 2.24) is 0 Å². The van der Waals surface area contributed by atoms with Crippen LogP contribution in [0.15, 0.2) is 0 Å². The van der Waals surface area contributed by atoms with Crippen molar-refractivity contribution < 1.29 is 15.0 Å². The van der Waals surface area contributed by atoms with Gasteiger partial charge >= 0.3 is 0 Å². The Labute approximate surface area is 133 Å². The minimum Gasteiger partial charge on any atom is -0.396 e. The largest absolute Gasteiger partial charge is 0.396 e. The van der Waals surface area contributed by atoms with Gasteiger partial charge in [-0.1, -0.05) is 13.8 Å². The fourth-order valence-electron chi connectivity index (χ4n) is 7.47. The van der Waals surface area contributed by atoms with E-state index in [1.807, 2.05) is 0 Å². The van der Waals surface area contributed by atoms with Crippen molar-refractivity contribution in [3.8, 4) is 0 Å². The number of hydrogen-bond donors (Lipinski definition) is 2. The van der Waals surface area contributed by atoms with E-state index in [1.54, 1.807) is 0 Å². The molecule has 124 valence electrons. The molecule has 4 saturated carbocycles. The molecule has 22 heavy (non-hydrogen) atoms. The number of carbonyl (C=O) groups is 1. The highest BCUT2D eigenvalue weighted by atomic mass is 16.3. The van der Waals surface area contributed by atoms with E-state index in [0.29, 0.717) is 29.0 Å². The van der Waals surface area contributed by atoms with Gasteiger partial charge < -0.3 is 10.2 Å². The molecule has 0 radical (unpaired) electrons. The van der Waals surface area contributed by atoms with Gasteiger partial charge in [-0.3, -0.25) is 4.79 Å². The SMILES string of the molecule is C[C@@]1(CO)[C@H](O)CC[C@@]2(C)[C@H]1CC[C@H]1C[C@@H]3C[C@@]12CCC3=O. The van der Waals surface area contributed by atoms with Crippen LogP contribution in [0.3, 0.4) is 0 Å². The number of fused-ring (bicyclic) bond motifs is 2. The van der Waals surface area contributed by atoms with Crippen molar-refractivity contribution in [3.05, 3.63) is 0 Å². The van der Waals surface area contributed by atoms with Crippen LogP contribution in [0.2, 0.25) is 0 Å². The Bertz CT molecular complexity index is 503. The van der Waals surface area contributed by atoms with Crippen LogP contribution in [0.25, 0.3) is 0 Å². The molecule has 4 rings (SSSR count). The lowest BCUT2D eigenvalue weighted by atomic mass is 9.39. The van der Waals surface area contributed by atoms with E-state index in [-0.39, 0.29) is 23.5 Å². The molecule has 0 saturated heterocycles. The molecule has 0 aliphatic heterocycles. The smallest absolute Gasteiger partial charge is 0.136 e. The first kappa shape index (κ1) is 15.1. The van der Waals surface area contributed by atoms with E-state index in [1.165, 1.54) is 6.42 Å². The summed E-state index contributed by atoms with van der Waals surface area (Å²) >= 11 is 0. The van der Waals surface area contributed by atoms with Crippen LogP contribution < -0.4 is 0 Å². The van der Waals surface area contributed by atoms with Gasteiger partial charge in [0.15, 0.2) is 0 Å². The minimum absolute atomic E-state index is 0.0809. The molecule has 7 atom stereocenters. The average molecular weight is 306 g/mol. The number of Topliss-reactive ketones (excluding diaryl/α,β-unsaturated/α-hetero) is 1. The summed E-state index contributed by atoms with van der Waals surface area (Å²) in [6, 6.07) is 0. The molecule has 1 spiro atoms. The number of rotatable bonds is 1. The third-order valence-corrected chi connectivity index (χ3v) is 8.78. The molecular formula is C19H30O3. The lowest BCUT2D eigenvalue weighted by molar-refractivity contribution is -0.207. The van der Waals surface area contributed by atoms with Crippen molar-refractivity contribution in [1.29, 1.82) is 0 Å². The number of hydrogen-bond acceptors (Lipinski definition) is 3. The van der Waals surface area contributed by atoms with Crippen molar-refractivity contribution in [3.63, 3.8) is 0 Å². The summed E-state index contributed by atoms with van der Waals surface area (Å²) in [7, 11) is 0. The van der Waals surface area contributed by atoms with Gasteiger partial charge in [0.05, 0.1) is 12.7 Å². The second-order valence-electron chi connectivity index (χ2n) is 9.22. The standard InChI is InChI=1S/C19H30O3/c1-17(11-20)15-4-3-13-9-12-10-19(13,8-5-14(12)21)18(15,2)7-6-16(17)22/h12-13,15-16,20,22H,3-11H2,1-2H3/t12-,13+,15+,16-,17+,18+,19+/m1/s1. The maximum atomic E-state index is 12.2. The van der Waals surface area contributed by atoms with Crippen molar-refractivity contribution in [2.24, 2.45) is 34.0 Å². The van der Waals surface area contributed by atoms with Crippen LogP contribution in [0.4, 0.5) is 0 Å². The summed E-state index contributed by atoms with van der Waals surface area (Å²) in [5, 5.41) is 20.6. The molecule has 3 nitrogen and oxygen atoms in total.